The second kappa shape index (κ2) is 13.5. The molecule has 0 saturated heterocycles. The van der Waals surface area contributed by atoms with Gasteiger partial charge < -0.3 is 0 Å². The van der Waals surface area contributed by atoms with E-state index in [1.165, 1.54) is 48.2 Å². The van der Waals surface area contributed by atoms with Gasteiger partial charge in [0, 0.05) is 29.6 Å². The summed E-state index contributed by atoms with van der Waals surface area (Å²) in [6.07, 6.45) is 0.101. The number of nitrogens with one attached hydrogen (secondary N) is 1. The lowest BCUT2D eigenvalue weighted by molar-refractivity contribution is -0.385. The van der Waals surface area contributed by atoms with Crippen LogP contribution in [0.5, 0.6) is 0 Å². The lowest BCUT2D eigenvalue weighted by atomic mass is 10.1. The monoisotopic (exact) mass is 668 g/mol. The molecule has 0 saturated carbocycles. The summed E-state index contributed by atoms with van der Waals surface area (Å²) in [6, 6.07) is 22.5. The van der Waals surface area contributed by atoms with Crippen molar-refractivity contribution in [1.29, 1.82) is 0 Å². The van der Waals surface area contributed by atoms with Gasteiger partial charge in [0.15, 0.2) is 11.0 Å². The standard InChI is InChI=1S/C29H22ClFN6O6S2/c30-25-15-14-24(17-27(25)37(40)41)45(42,43)34-26(16-19-4-2-1-3-5-19)28-32-33-29(44-18-20-6-8-21(31)9-7-20)35(28)22-10-12-23(13-11-22)36(38)39/h1-15,17,26,34H,16,18H2. The quantitative estimate of drug-likeness (QED) is 0.0896. The first-order chi connectivity index (χ1) is 21.5. The lowest BCUT2D eigenvalue weighted by Crippen LogP contribution is -2.32. The molecule has 1 aromatic heterocycles. The molecule has 0 aliphatic carbocycles. The van der Waals surface area contributed by atoms with E-state index < -0.39 is 31.6 Å². The molecule has 5 rings (SSSR count). The summed E-state index contributed by atoms with van der Waals surface area (Å²) in [4.78, 5) is 21.1. The van der Waals surface area contributed by atoms with E-state index in [9.17, 15) is 33.0 Å². The van der Waals surface area contributed by atoms with E-state index >= 15 is 0 Å². The largest absolute Gasteiger partial charge is 0.289 e. The first-order valence-electron chi connectivity index (χ1n) is 13.1. The summed E-state index contributed by atoms with van der Waals surface area (Å²) in [5.41, 5.74) is 1.21. The van der Waals surface area contributed by atoms with Crippen molar-refractivity contribution in [1.82, 2.24) is 19.5 Å². The number of hydrogen-bond acceptors (Lipinski definition) is 9. The van der Waals surface area contributed by atoms with Crippen molar-refractivity contribution >= 4 is 44.8 Å². The molecule has 4 aromatic carbocycles. The van der Waals surface area contributed by atoms with Crippen molar-refractivity contribution < 1.29 is 22.7 Å². The fourth-order valence-electron chi connectivity index (χ4n) is 4.39. The van der Waals surface area contributed by atoms with Crippen LogP contribution in [0.2, 0.25) is 5.02 Å². The van der Waals surface area contributed by atoms with E-state index in [0.29, 0.717) is 16.6 Å². The zero-order chi connectivity index (χ0) is 32.1. The number of hydrogen-bond donors (Lipinski definition) is 1. The zero-order valence-corrected chi connectivity index (χ0v) is 25.4. The minimum atomic E-state index is -4.39. The van der Waals surface area contributed by atoms with Gasteiger partial charge in [0.2, 0.25) is 10.0 Å². The molecule has 1 N–H and O–H groups in total. The van der Waals surface area contributed by atoms with Crippen molar-refractivity contribution in [2.75, 3.05) is 0 Å². The van der Waals surface area contributed by atoms with Gasteiger partial charge in [-0.1, -0.05) is 65.8 Å². The lowest BCUT2D eigenvalue weighted by Gasteiger charge is -2.20. The van der Waals surface area contributed by atoms with Gasteiger partial charge in [-0.15, -0.1) is 10.2 Å². The van der Waals surface area contributed by atoms with Crippen LogP contribution in [0.25, 0.3) is 5.69 Å². The first-order valence-corrected chi connectivity index (χ1v) is 15.9. The Bertz CT molecular complexity index is 1960. The molecule has 0 aliphatic rings. The van der Waals surface area contributed by atoms with Gasteiger partial charge in [0.05, 0.1) is 20.8 Å². The van der Waals surface area contributed by atoms with E-state index in [4.69, 9.17) is 11.6 Å². The van der Waals surface area contributed by atoms with E-state index in [2.05, 4.69) is 14.9 Å². The maximum Gasteiger partial charge on any atom is 0.289 e. The van der Waals surface area contributed by atoms with Gasteiger partial charge in [0.25, 0.3) is 11.4 Å². The molecule has 5 aromatic rings. The predicted octanol–water partition coefficient (Wildman–Crippen LogP) is 6.43. The van der Waals surface area contributed by atoms with Crippen molar-refractivity contribution in [3.8, 4) is 5.69 Å². The molecule has 45 heavy (non-hydrogen) atoms. The highest BCUT2D eigenvalue weighted by molar-refractivity contribution is 7.98. The van der Waals surface area contributed by atoms with Gasteiger partial charge in [-0.2, -0.15) is 0 Å². The molecule has 0 spiro atoms. The van der Waals surface area contributed by atoms with E-state index in [1.807, 2.05) is 0 Å². The van der Waals surface area contributed by atoms with Crippen molar-refractivity contribution in [3.63, 3.8) is 0 Å². The molecule has 0 aliphatic heterocycles. The van der Waals surface area contributed by atoms with Gasteiger partial charge in [-0.05, 0) is 53.9 Å². The minimum Gasteiger partial charge on any atom is -0.273 e. The Hall–Kier alpha value is -4.70. The van der Waals surface area contributed by atoms with E-state index in [1.54, 1.807) is 47.0 Å². The van der Waals surface area contributed by atoms with Gasteiger partial charge in [-0.25, -0.2) is 17.5 Å². The summed E-state index contributed by atoms with van der Waals surface area (Å²) < 4.78 is 45.0. The molecule has 0 amide bonds. The number of sulfonamides is 1. The van der Waals surface area contributed by atoms with Crippen LogP contribution in [0.15, 0.2) is 107 Å². The molecule has 1 unspecified atom stereocenters. The number of nitro benzene ring substituents is 2. The normalized spacial score (nSPS) is 12.1. The zero-order valence-electron chi connectivity index (χ0n) is 23.0. The number of thioether (sulfide) groups is 1. The summed E-state index contributed by atoms with van der Waals surface area (Å²) >= 11 is 7.16. The molecule has 12 nitrogen and oxygen atoms in total. The third kappa shape index (κ3) is 7.51. The Morgan fingerprint density at radius 3 is 2.22 bits per heavy atom. The second-order valence-electron chi connectivity index (χ2n) is 9.60. The Morgan fingerprint density at radius 2 is 1.58 bits per heavy atom. The second-order valence-corrected chi connectivity index (χ2v) is 12.7. The molecule has 0 bridgehead atoms. The van der Waals surface area contributed by atoms with Crippen LogP contribution in [0.4, 0.5) is 15.8 Å². The summed E-state index contributed by atoms with van der Waals surface area (Å²) in [6.45, 7) is 0. The average Bonchev–Trinajstić information content (AvgIpc) is 3.45. The van der Waals surface area contributed by atoms with Crippen LogP contribution in [0.1, 0.15) is 23.0 Å². The van der Waals surface area contributed by atoms with Crippen LogP contribution in [-0.2, 0) is 22.2 Å². The maximum absolute atomic E-state index is 13.7. The fraction of sp³-hybridized carbons (Fsp3) is 0.103. The SMILES string of the molecule is O=[N+]([O-])c1ccc(-n2c(SCc3ccc(F)cc3)nnc2C(Cc2ccccc2)NS(=O)(=O)c2ccc(Cl)c([N+](=O)[O-])c2)cc1. The van der Waals surface area contributed by atoms with Crippen LogP contribution in [0.3, 0.4) is 0 Å². The topological polar surface area (TPSA) is 163 Å². The van der Waals surface area contributed by atoms with E-state index in [-0.39, 0.29) is 33.7 Å². The Balaban J connectivity index is 1.60. The molecule has 16 heteroatoms. The molecule has 1 heterocycles. The number of benzene rings is 4. The van der Waals surface area contributed by atoms with Crippen LogP contribution >= 0.6 is 23.4 Å². The number of nitro groups is 2. The highest BCUT2D eigenvalue weighted by Gasteiger charge is 2.30. The molecular formula is C29H22ClFN6O6S2. The summed E-state index contributed by atoms with van der Waals surface area (Å²) in [7, 11) is -4.39. The molecule has 1 atom stereocenters. The van der Waals surface area contributed by atoms with Crippen LogP contribution in [-0.4, -0.2) is 33.0 Å². The van der Waals surface area contributed by atoms with Gasteiger partial charge in [-0.3, -0.25) is 24.8 Å². The Labute approximate surface area is 265 Å². The van der Waals surface area contributed by atoms with E-state index in [0.717, 1.165) is 29.3 Å². The third-order valence-electron chi connectivity index (χ3n) is 6.57. The van der Waals surface area contributed by atoms with Crippen LogP contribution in [0, 0.1) is 26.0 Å². The van der Waals surface area contributed by atoms with Gasteiger partial charge in [0.1, 0.15) is 10.8 Å². The Kier molecular flexibility index (Phi) is 9.53. The van der Waals surface area contributed by atoms with Crippen molar-refractivity contribution in [3.05, 3.63) is 145 Å². The van der Waals surface area contributed by atoms with Crippen molar-refractivity contribution in [2.45, 2.75) is 28.3 Å². The number of aromatic nitrogens is 3. The minimum absolute atomic E-state index is 0.101. The number of nitrogens with zero attached hydrogens (tertiary/aromatic N) is 5. The number of non-ortho nitro benzene ring substituents is 1. The number of rotatable bonds is 12. The van der Waals surface area contributed by atoms with Gasteiger partial charge >= 0.3 is 0 Å². The first kappa shape index (κ1) is 31.7. The number of halogens is 2. The highest BCUT2D eigenvalue weighted by atomic mass is 35.5. The van der Waals surface area contributed by atoms with Crippen molar-refractivity contribution in [2.24, 2.45) is 0 Å². The van der Waals surface area contributed by atoms with Crippen LogP contribution < -0.4 is 4.72 Å². The molecule has 0 fully saturated rings. The Morgan fingerprint density at radius 1 is 0.889 bits per heavy atom. The predicted molar refractivity (Wildman–Crippen MR) is 165 cm³/mol. The third-order valence-corrected chi connectivity index (χ3v) is 9.36. The molecular weight excluding hydrogens is 647 g/mol. The maximum atomic E-state index is 13.7. The smallest absolute Gasteiger partial charge is 0.273 e. The fourth-order valence-corrected chi connectivity index (χ4v) is 6.70. The summed E-state index contributed by atoms with van der Waals surface area (Å²) in [5, 5.41) is 31.6. The summed E-state index contributed by atoms with van der Waals surface area (Å²) in [5.74, 6) is 0.123. The molecule has 230 valence electrons. The molecule has 0 radical (unpaired) electrons. The average molecular weight is 669 g/mol. The highest BCUT2D eigenvalue weighted by Crippen LogP contribution is 2.32.